The number of carboxylic acids is 1. The molecule has 0 aliphatic rings. The Kier molecular flexibility index (Phi) is 4.09. The van der Waals surface area contributed by atoms with Gasteiger partial charge in [0.05, 0.1) is 12.1 Å². The quantitative estimate of drug-likeness (QED) is 0.927. The lowest BCUT2D eigenvalue weighted by molar-refractivity contribution is -0.117. The number of amides is 1. The minimum absolute atomic E-state index is 0.0806. The molecule has 2 heterocycles. The van der Waals surface area contributed by atoms with E-state index in [4.69, 9.17) is 0 Å². The van der Waals surface area contributed by atoms with Crippen LogP contribution in [0.15, 0.2) is 24.5 Å². The lowest BCUT2D eigenvalue weighted by Gasteiger charge is -2.15. The van der Waals surface area contributed by atoms with Gasteiger partial charge in [-0.15, -0.1) is 0 Å². The fourth-order valence-electron chi connectivity index (χ4n) is 1.74. The molecule has 0 atom stereocenters. The van der Waals surface area contributed by atoms with Crippen LogP contribution in [0.1, 0.15) is 21.6 Å². The summed E-state index contributed by atoms with van der Waals surface area (Å²) in [4.78, 5) is 28.7. The molecule has 0 aliphatic carbocycles. The second-order valence-corrected chi connectivity index (χ2v) is 5.00. The van der Waals surface area contributed by atoms with Gasteiger partial charge in [-0.1, -0.05) is 6.07 Å². The molecule has 0 radical (unpaired) electrons. The summed E-state index contributed by atoms with van der Waals surface area (Å²) in [5.74, 6) is -1.28. The summed E-state index contributed by atoms with van der Waals surface area (Å²) < 4.78 is 4.00. The maximum Gasteiger partial charge on any atom is 0.340 e. The van der Waals surface area contributed by atoms with Crippen molar-refractivity contribution in [3.63, 3.8) is 0 Å². The maximum absolute atomic E-state index is 12.2. The van der Waals surface area contributed by atoms with Gasteiger partial charge in [0, 0.05) is 19.4 Å². The number of likely N-dealkylation sites (N-methyl/N-ethyl adjacent to an activating group) is 1. The number of carbonyl (C=O) groups excluding carboxylic acids is 1. The van der Waals surface area contributed by atoms with Gasteiger partial charge < -0.3 is 10.0 Å². The van der Waals surface area contributed by atoms with Crippen LogP contribution in [-0.2, 0) is 11.2 Å². The molecule has 0 aromatic carbocycles. The van der Waals surface area contributed by atoms with Crippen molar-refractivity contribution < 1.29 is 14.7 Å². The Morgan fingerprint density at radius 1 is 1.45 bits per heavy atom. The Balaban J connectivity index is 2.21. The molecule has 1 amide bonds. The minimum Gasteiger partial charge on any atom is -0.478 e. The third kappa shape index (κ3) is 2.83. The Bertz CT molecular complexity index is 640. The van der Waals surface area contributed by atoms with Gasteiger partial charge in [-0.2, -0.15) is 4.37 Å². The number of aryl methyl sites for hydroxylation is 1. The van der Waals surface area contributed by atoms with Crippen LogP contribution in [0.2, 0.25) is 0 Å². The van der Waals surface area contributed by atoms with E-state index in [1.807, 2.05) is 0 Å². The molecule has 104 valence electrons. The summed E-state index contributed by atoms with van der Waals surface area (Å²) in [6.07, 6.45) is 3.41. The first kappa shape index (κ1) is 14.1. The molecular formula is C13H13N3O3S. The van der Waals surface area contributed by atoms with Crippen LogP contribution < -0.4 is 4.90 Å². The summed E-state index contributed by atoms with van der Waals surface area (Å²) in [6.45, 7) is 1.61. The normalized spacial score (nSPS) is 10.3. The topological polar surface area (TPSA) is 83.4 Å². The molecule has 20 heavy (non-hydrogen) atoms. The van der Waals surface area contributed by atoms with Crippen LogP contribution in [0.5, 0.6) is 0 Å². The highest BCUT2D eigenvalue weighted by Crippen LogP contribution is 2.28. The van der Waals surface area contributed by atoms with E-state index in [-0.39, 0.29) is 17.9 Å². The van der Waals surface area contributed by atoms with E-state index in [2.05, 4.69) is 9.36 Å². The van der Waals surface area contributed by atoms with Crippen molar-refractivity contribution >= 4 is 28.4 Å². The first-order chi connectivity index (χ1) is 9.50. The van der Waals surface area contributed by atoms with E-state index in [1.54, 1.807) is 38.5 Å². The van der Waals surface area contributed by atoms with Crippen molar-refractivity contribution in [2.24, 2.45) is 0 Å². The van der Waals surface area contributed by atoms with Gasteiger partial charge in [-0.25, -0.2) is 4.79 Å². The zero-order chi connectivity index (χ0) is 14.7. The summed E-state index contributed by atoms with van der Waals surface area (Å²) in [7, 11) is 1.55. The molecule has 1 N–H and O–H groups in total. The number of nitrogens with zero attached hydrogens (tertiary/aromatic N) is 3. The standard InChI is InChI=1S/C13H13N3O3S/c1-8-11(13(18)19)12(20-15-8)16(2)10(17)6-9-4-3-5-14-7-9/h3-5,7H,6H2,1-2H3,(H,18,19). The maximum atomic E-state index is 12.2. The van der Waals surface area contributed by atoms with Crippen molar-refractivity contribution in [1.82, 2.24) is 9.36 Å². The molecule has 7 heteroatoms. The molecule has 0 saturated heterocycles. The molecule has 6 nitrogen and oxygen atoms in total. The van der Waals surface area contributed by atoms with E-state index in [1.165, 1.54) is 4.90 Å². The molecule has 2 rings (SSSR count). The van der Waals surface area contributed by atoms with E-state index in [0.29, 0.717) is 10.7 Å². The summed E-state index contributed by atoms with van der Waals surface area (Å²) in [5, 5.41) is 9.53. The Morgan fingerprint density at radius 2 is 2.20 bits per heavy atom. The van der Waals surface area contributed by atoms with Crippen molar-refractivity contribution in [3.05, 3.63) is 41.3 Å². The van der Waals surface area contributed by atoms with Crippen molar-refractivity contribution in [2.45, 2.75) is 13.3 Å². The van der Waals surface area contributed by atoms with Crippen molar-refractivity contribution in [1.29, 1.82) is 0 Å². The van der Waals surface area contributed by atoms with Crippen molar-refractivity contribution in [2.75, 3.05) is 11.9 Å². The lowest BCUT2D eigenvalue weighted by Crippen LogP contribution is -2.28. The number of anilines is 1. The van der Waals surface area contributed by atoms with Crippen LogP contribution >= 0.6 is 11.5 Å². The highest BCUT2D eigenvalue weighted by atomic mass is 32.1. The van der Waals surface area contributed by atoms with Crippen LogP contribution in [0.3, 0.4) is 0 Å². The SMILES string of the molecule is Cc1nsc(N(C)C(=O)Cc2cccnc2)c1C(=O)O. The second kappa shape index (κ2) is 5.79. The van der Waals surface area contributed by atoms with Gasteiger partial charge in [0.25, 0.3) is 0 Å². The lowest BCUT2D eigenvalue weighted by atomic mass is 10.2. The number of carbonyl (C=O) groups is 2. The first-order valence-corrected chi connectivity index (χ1v) is 6.63. The Hall–Kier alpha value is -2.28. The summed E-state index contributed by atoms with van der Waals surface area (Å²) in [5.41, 5.74) is 1.28. The second-order valence-electron chi connectivity index (χ2n) is 4.24. The highest BCUT2D eigenvalue weighted by molar-refractivity contribution is 7.11. The molecule has 0 fully saturated rings. The molecule has 0 aliphatic heterocycles. The molecule has 2 aromatic rings. The number of aromatic carboxylic acids is 1. The third-order valence-electron chi connectivity index (χ3n) is 2.82. The van der Waals surface area contributed by atoms with E-state index >= 15 is 0 Å². The largest absolute Gasteiger partial charge is 0.478 e. The van der Waals surface area contributed by atoms with Gasteiger partial charge >= 0.3 is 5.97 Å². The van der Waals surface area contributed by atoms with Gasteiger partial charge in [0.2, 0.25) is 5.91 Å². The molecule has 0 unspecified atom stereocenters. The van der Waals surface area contributed by atoms with Crippen LogP contribution in [0, 0.1) is 6.92 Å². The number of hydrogen-bond acceptors (Lipinski definition) is 5. The van der Waals surface area contributed by atoms with Gasteiger partial charge in [-0.3, -0.25) is 9.78 Å². The van der Waals surface area contributed by atoms with Gasteiger partial charge in [-0.05, 0) is 30.1 Å². The molecule has 0 spiro atoms. The Morgan fingerprint density at radius 3 is 2.80 bits per heavy atom. The zero-order valence-electron chi connectivity index (χ0n) is 11.0. The third-order valence-corrected chi connectivity index (χ3v) is 3.83. The Labute approximate surface area is 119 Å². The number of pyridine rings is 1. The average Bonchev–Trinajstić information content (AvgIpc) is 2.81. The number of rotatable bonds is 4. The summed E-state index contributed by atoms with van der Waals surface area (Å²) >= 11 is 1.01. The predicted octanol–water partition coefficient (Wildman–Crippen LogP) is 1.75. The first-order valence-electron chi connectivity index (χ1n) is 5.85. The van der Waals surface area contributed by atoms with Gasteiger partial charge in [0.15, 0.2) is 0 Å². The minimum atomic E-state index is -1.08. The molecular weight excluding hydrogens is 278 g/mol. The monoisotopic (exact) mass is 291 g/mol. The van der Waals surface area contributed by atoms with Crippen LogP contribution in [-0.4, -0.2) is 33.4 Å². The van der Waals surface area contributed by atoms with Crippen molar-refractivity contribution in [3.8, 4) is 0 Å². The smallest absolute Gasteiger partial charge is 0.340 e. The fraction of sp³-hybridized carbons (Fsp3) is 0.231. The number of hydrogen-bond donors (Lipinski definition) is 1. The predicted molar refractivity (Wildman–Crippen MR) is 75.2 cm³/mol. The molecule has 0 saturated carbocycles. The van der Waals surface area contributed by atoms with Crippen LogP contribution in [0.25, 0.3) is 0 Å². The average molecular weight is 291 g/mol. The highest BCUT2D eigenvalue weighted by Gasteiger charge is 2.23. The van der Waals surface area contributed by atoms with E-state index in [9.17, 15) is 14.7 Å². The number of aromatic nitrogens is 2. The van der Waals surface area contributed by atoms with Crippen LogP contribution in [0.4, 0.5) is 5.00 Å². The van der Waals surface area contributed by atoms with E-state index < -0.39 is 5.97 Å². The molecule has 2 aromatic heterocycles. The zero-order valence-corrected chi connectivity index (χ0v) is 11.8. The van der Waals surface area contributed by atoms with Gasteiger partial charge in [0.1, 0.15) is 10.6 Å². The molecule has 0 bridgehead atoms. The fourth-order valence-corrected chi connectivity index (χ4v) is 2.61. The summed E-state index contributed by atoms with van der Waals surface area (Å²) in [6, 6.07) is 3.55. The number of carboxylic acid groups (broad SMARTS) is 1. The van der Waals surface area contributed by atoms with E-state index in [0.717, 1.165) is 17.1 Å².